The molecule has 0 radical (unpaired) electrons. The molecule has 0 bridgehead atoms. The quantitative estimate of drug-likeness (QED) is 0.692. The van der Waals surface area contributed by atoms with Gasteiger partial charge in [-0.3, -0.25) is 4.98 Å². The normalized spacial score (nSPS) is 11.7. The van der Waals surface area contributed by atoms with Crippen molar-refractivity contribution in [3.8, 4) is 0 Å². The first-order valence-electron chi connectivity index (χ1n) is 5.03. The molecule has 0 saturated carbocycles. The predicted octanol–water partition coefficient (Wildman–Crippen LogP) is 2.78. The maximum absolute atomic E-state index is 11.8. The molecule has 4 nitrogen and oxygen atoms in total. The van der Waals surface area contributed by atoms with Gasteiger partial charge in [0.15, 0.2) is 5.58 Å². The van der Waals surface area contributed by atoms with Gasteiger partial charge in [0.25, 0.3) is 0 Å². The molecular weight excluding hydrogens is 206 g/mol. The second-order valence-corrected chi connectivity index (χ2v) is 4.50. The highest BCUT2D eigenvalue weighted by atomic mass is 16.6. The van der Waals surface area contributed by atoms with Crippen molar-refractivity contribution < 1.29 is 13.9 Å². The van der Waals surface area contributed by atoms with Crippen molar-refractivity contribution in [2.45, 2.75) is 26.4 Å². The number of esters is 1. The lowest BCUT2D eigenvalue weighted by Crippen LogP contribution is -2.23. The summed E-state index contributed by atoms with van der Waals surface area (Å²) < 4.78 is 10.5. The van der Waals surface area contributed by atoms with Crippen LogP contribution in [0.1, 0.15) is 31.1 Å². The van der Waals surface area contributed by atoms with Gasteiger partial charge in [-0.2, -0.15) is 0 Å². The van der Waals surface area contributed by atoms with E-state index in [0.29, 0.717) is 16.7 Å². The van der Waals surface area contributed by atoms with Crippen LogP contribution >= 0.6 is 0 Å². The first-order chi connectivity index (χ1) is 7.47. The maximum atomic E-state index is 11.8. The number of hydrogen-bond donors (Lipinski definition) is 0. The first-order valence-corrected chi connectivity index (χ1v) is 5.03. The van der Waals surface area contributed by atoms with Crippen LogP contribution in [0, 0.1) is 0 Å². The van der Waals surface area contributed by atoms with Crippen LogP contribution in [-0.4, -0.2) is 16.6 Å². The Morgan fingerprint density at radius 2 is 2.19 bits per heavy atom. The molecule has 4 heteroatoms. The molecule has 2 rings (SSSR count). The fraction of sp³-hybridized carbons (Fsp3) is 0.333. The number of rotatable bonds is 1. The topological polar surface area (TPSA) is 52.3 Å². The molecule has 0 N–H and O–H groups in total. The van der Waals surface area contributed by atoms with Crippen LogP contribution in [-0.2, 0) is 4.74 Å². The fourth-order valence-electron chi connectivity index (χ4n) is 1.34. The summed E-state index contributed by atoms with van der Waals surface area (Å²) in [5.41, 5.74) is 0.973. The first kappa shape index (κ1) is 10.7. The molecule has 0 fully saturated rings. The van der Waals surface area contributed by atoms with Crippen LogP contribution < -0.4 is 0 Å². The SMILES string of the molecule is CC(C)(C)OC(=O)c1coc2cccnc12. The summed E-state index contributed by atoms with van der Waals surface area (Å²) in [7, 11) is 0. The number of pyridine rings is 1. The molecule has 0 atom stereocenters. The van der Waals surface area contributed by atoms with E-state index < -0.39 is 11.6 Å². The van der Waals surface area contributed by atoms with E-state index in [1.165, 1.54) is 6.26 Å². The van der Waals surface area contributed by atoms with Crippen molar-refractivity contribution in [2.24, 2.45) is 0 Å². The molecule has 0 aromatic carbocycles. The van der Waals surface area contributed by atoms with Gasteiger partial charge in [-0.05, 0) is 32.9 Å². The van der Waals surface area contributed by atoms with Gasteiger partial charge >= 0.3 is 5.97 Å². The van der Waals surface area contributed by atoms with Gasteiger partial charge in [-0.15, -0.1) is 0 Å². The number of nitrogens with zero attached hydrogens (tertiary/aromatic N) is 1. The van der Waals surface area contributed by atoms with Gasteiger partial charge in [0.05, 0.1) is 0 Å². The van der Waals surface area contributed by atoms with Gasteiger partial charge in [0, 0.05) is 6.20 Å². The van der Waals surface area contributed by atoms with Crippen molar-refractivity contribution in [2.75, 3.05) is 0 Å². The highest BCUT2D eigenvalue weighted by Gasteiger charge is 2.21. The van der Waals surface area contributed by atoms with E-state index in [9.17, 15) is 4.79 Å². The number of carbonyl (C=O) groups is 1. The van der Waals surface area contributed by atoms with Crippen molar-refractivity contribution in [1.29, 1.82) is 0 Å². The second-order valence-electron chi connectivity index (χ2n) is 4.50. The molecule has 0 unspecified atom stereocenters. The number of furan rings is 1. The Balaban J connectivity index is 2.37. The minimum Gasteiger partial charge on any atom is -0.462 e. The molecule has 16 heavy (non-hydrogen) atoms. The Labute approximate surface area is 93.2 Å². The van der Waals surface area contributed by atoms with Crippen LogP contribution in [0.4, 0.5) is 0 Å². The van der Waals surface area contributed by atoms with E-state index in [-0.39, 0.29) is 0 Å². The third-order valence-corrected chi connectivity index (χ3v) is 1.95. The molecule has 2 heterocycles. The third-order valence-electron chi connectivity index (χ3n) is 1.95. The van der Waals surface area contributed by atoms with E-state index in [2.05, 4.69) is 4.98 Å². The van der Waals surface area contributed by atoms with Crippen LogP contribution in [0.3, 0.4) is 0 Å². The standard InChI is InChI=1S/C12H13NO3/c1-12(2,3)16-11(14)8-7-15-9-5-4-6-13-10(8)9/h4-7H,1-3H3. The highest BCUT2D eigenvalue weighted by Crippen LogP contribution is 2.21. The van der Waals surface area contributed by atoms with Gasteiger partial charge < -0.3 is 9.15 Å². The summed E-state index contributed by atoms with van der Waals surface area (Å²) in [5.74, 6) is -0.412. The third kappa shape index (κ3) is 2.05. The van der Waals surface area contributed by atoms with Gasteiger partial charge in [0.1, 0.15) is 22.9 Å². The summed E-state index contributed by atoms with van der Waals surface area (Å²) in [4.78, 5) is 15.9. The summed E-state index contributed by atoms with van der Waals surface area (Å²) in [6.07, 6.45) is 3.00. The lowest BCUT2D eigenvalue weighted by atomic mass is 10.2. The molecule has 0 saturated heterocycles. The second kappa shape index (κ2) is 3.63. The van der Waals surface area contributed by atoms with Crippen LogP contribution in [0.25, 0.3) is 11.1 Å². The zero-order valence-electron chi connectivity index (χ0n) is 9.48. The molecule has 0 amide bonds. The Hall–Kier alpha value is -1.84. The van der Waals surface area contributed by atoms with Gasteiger partial charge in [-0.1, -0.05) is 0 Å². The Morgan fingerprint density at radius 1 is 1.44 bits per heavy atom. The molecule has 2 aromatic rings. The largest absolute Gasteiger partial charge is 0.462 e. The Bertz CT molecular complexity index is 522. The van der Waals surface area contributed by atoms with Crippen LogP contribution in [0.15, 0.2) is 29.0 Å². The molecule has 2 aromatic heterocycles. The molecule has 84 valence electrons. The fourth-order valence-corrected chi connectivity index (χ4v) is 1.34. The van der Waals surface area contributed by atoms with Crippen LogP contribution in [0.2, 0.25) is 0 Å². The summed E-state index contributed by atoms with van der Waals surface area (Å²) in [6.45, 7) is 5.46. The average Bonchev–Trinajstić information content (AvgIpc) is 2.58. The van der Waals surface area contributed by atoms with Crippen molar-refractivity contribution in [1.82, 2.24) is 4.98 Å². The van der Waals surface area contributed by atoms with E-state index >= 15 is 0 Å². The zero-order valence-corrected chi connectivity index (χ0v) is 9.48. The number of hydrogen-bond acceptors (Lipinski definition) is 4. The molecular formula is C12H13NO3. The molecule has 0 aliphatic carbocycles. The highest BCUT2D eigenvalue weighted by molar-refractivity contribution is 6.01. The van der Waals surface area contributed by atoms with Gasteiger partial charge in [0.2, 0.25) is 0 Å². The summed E-state index contributed by atoms with van der Waals surface area (Å²) >= 11 is 0. The number of aromatic nitrogens is 1. The van der Waals surface area contributed by atoms with Crippen molar-refractivity contribution >= 4 is 17.1 Å². The monoisotopic (exact) mass is 219 g/mol. The van der Waals surface area contributed by atoms with E-state index in [4.69, 9.17) is 9.15 Å². The van der Waals surface area contributed by atoms with E-state index in [1.807, 2.05) is 20.8 Å². The summed E-state index contributed by atoms with van der Waals surface area (Å²) in [6, 6.07) is 3.51. The number of carbonyl (C=O) groups excluding carboxylic acids is 1. The van der Waals surface area contributed by atoms with E-state index in [1.54, 1.807) is 18.3 Å². The molecule has 0 aliphatic heterocycles. The van der Waals surface area contributed by atoms with Crippen LogP contribution in [0.5, 0.6) is 0 Å². The minimum atomic E-state index is -0.518. The molecule has 0 aliphatic rings. The van der Waals surface area contributed by atoms with Gasteiger partial charge in [-0.25, -0.2) is 4.79 Å². The number of ether oxygens (including phenoxy) is 1. The predicted molar refractivity (Wildman–Crippen MR) is 59.2 cm³/mol. The summed E-state index contributed by atoms with van der Waals surface area (Å²) in [5, 5.41) is 0. The maximum Gasteiger partial charge on any atom is 0.344 e. The van der Waals surface area contributed by atoms with Crippen molar-refractivity contribution in [3.05, 3.63) is 30.2 Å². The molecule has 0 spiro atoms. The van der Waals surface area contributed by atoms with Crippen molar-refractivity contribution in [3.63, 3.8) is 0 Å². The Kier molecular flexibility index (Phi) is 2.42. The Morgan fingerprint density at radius 3 is 2.88 bits per heavy atom. The smallest absolute Gasteiger partial charge is 0.344 e. The number of fused-ring (bicyclic) bond motifs is 1. The lowest BCUT2D eigenvalue weighted by molar-refractivity contribution is 0.00707. The minimum absolute atomic E-state index is 0.366. The zero-order chi connectivity index (χ0) is 11.8. The average molecular weight is 219 g/mol. The lowest BCUT2D eigenvalue weighted by Gasteiger charge is -2.18. The van der Waals surface area contributed by atoms with E-state index in [0.717, 1.165) is 0 Å².